The molecule has 0 bridgehead atoms. The number of hydrogen-bond acceptors (Lipinski definition) is 2. The molecule has 0 fully saturated rings. The summed E-state index contributed by atoms with van der Waals surface area (Å²) in [6.45, 7) is 0.733. The van der Waals surface area contributed by atoms with E-state index in [4.69, 9.17) is 0 Å². The molecule has 1 N–H and O–H groups in total. The molecule has 1 unspecified atom stereocenters. The highest BCUT2D eigenvalue weighted by molar-refractivity contribution is 5.41. The van der Waals surface area contributed by atoms with E-state index in [1.54, 1.807) is 0 Å². The number of nitrogens with one attached hydrogen (secondary N) is 1. The molecule has 0 saturated heterocycles. The molecule has 5 heteroatoms. The zero-order chi connectivity index (χ0) is 14.4. The Morgan fingerprint density at radius 3 is 2.95 bits per heavy atom. The van der Waals surface area contributed by atoms with Gasteiger partial charge in [0.1, 0.15) is 11.6 Å². The second kappa shape index (κ2) is 4.83. The van der Waals surface area contributed by atoms with Gasteiger partial charge in [-0.1, -0.05) is 0 Å². The lowest BCUT2D eigenvalue weighted by molar-refractivity contribution is 0.471. The Kier molecular flexibility index (Phi) is 2.94. The molecule has 21 heavy (non-hydrogen) atoms. The molecular formula is C16H17F2N3. The first kappa shape index (κ1) is 12.8. The van der Waals surface area contributed by atoms with Gasteiger partial charge in [-0.2, -0.15) is 0 Å². The first-order valence-corrected chi connectivity index (χ1v) is 7.53. The van der Waals surface area contributed by atoms with Crippen LogP contribution in [-0.4, -0.2) is 16.1 Å². The Morgan fingerprint density at radius 1 is 1.19 bits per heavy atom. The SMILES string of the molecule is Fc1ccc(F)c(C2CCNc3nc4c(n32)CCCC4)c1. The molecule has 1 aromatic heterocycles. The van der Waals surface area contributed by atoms with E-state index in [1.165, 1.54) is 23.9 Å². The maximum absolute atomic E-state index is 14.2. The van der Waals surface area contributed by atoms with E-state index in [-0.39, 0.29) is 17.7 Å². The number of rotatable bonds is 1. The average molecular weight is 289 g/mol. The van der Waals surface area contributed by atoms with Crippen molar-refractivity contribution in [2.75, 3.05) is 11.9 Å². The zero-order valence-electron chi connectivity index (χ0n) is 11.7. The summed E-state index contributed by atoms with van der Waals surface area (Å²) in [4.78, 5) is 4.65. The number of hydrogen-bond donors (Lipinski definition) is 1. The molecule has 2 heterocycles. The monoisotopic (exact) mass is 289 g/mol. The predicted octanol–water partition coefficient (Wildman–Crippen LogP) is 3.45. The topological polar surface area (TPSA) is 29.9 Å². The zero-order valence-corrected chi connectivity index (χ0v) is 11.7. The highest BCUT2D eigenvalue weighted by atomic mass is 19.1. The van der Waals surface area contributed by atoms with Crippen molar-refractivity contribution >= 4 is 5.95 Å². The second-order valence-electron chi connectivity index (χ2n) is 5.80. The first-order chi connectivity index (χ1) is 10.2. The van der Waals surface area contributed by atoms with Crippen LogP contribution >= 0.6 is 0 Å². The van der Waals surface area contributed by atoms with E-state index in [1.807, 2.05) is 0 Å². The second-order valence-corrected chi connectivity index (χ2v) is 5.80. The van der Waals surface area contributed by atoms with Gasteiger partial charge in [0.25, 0.3) is 0 Å². The van der Waals surface area contributed by atoms with Gasteiger partial charge in [0.2, 0.25) is 5.95 Å². The average Bonchev–Trinajstić information content (AvgIpc) is 2.88. The van der Waals surface area contributed by atoms with Gasteiger partial charge in [-0.05, 0) is 50.3 Å². The van der Waals surface area contributed by atoms with E-state index in [9.17, 15) is 8.78 Å². The Morgan fingerprint density at radius 2 is 2.05 bits per heavy atom. The van der Waals surface area contributed by atoms with Gasteiger partial charge in [-0.25, -0.2) is 13.8 Å². The number of benzene rings is 1. The number of imidazole rings is 1. The van der Waals surface area contributed by atoms with Crippen LogP contribution in [0.25, 0.3) is 0 Å². The molecular weight excluding hydrogens is 272 g/mol. The van der Waals surface area contributed by atoms with Gasteiger partial charge in [0.05, 0.1) is 11.7 Å². The summed E-state index contributed by atoms with van der Waals surface area (Å²) in [5.41, 5.74) is 2.74. The van der Waals surface area contributed by atoms with Gasteiger partial charge >= 0.3 is 0 Å². The standard InChI is InChI=1S/C16H17F2N3/c17-10-5-6-12(18)11(9-10)14-7-8-19-16-20-13-3-1-2-4-15(13)21(14)16/h5-6,9,14H,1-4,7-8H2,(H,19,20). The van der Waals surface area contributed by atoms with Crippen molar-refractivity contribution in [3.8, 4) is 0 Å². The van der Waals surface area contributed by atoms with Crippen LogP contribution in [0.2, 0.25) is 0 Å². The fourth-order valence-corrected chi connectivity index (χ4v) is 3.54. The smallest absolute Gasteiger partial charge is 0.203 e. The lowest BCUT2D eigenvalue weighted by Gasteiger charge is -2.29. The van der Waals surface area contributed by atoms with E-state index < -0.39 is 0 Å². The summed E-state index contributed by atoms with van der Waals surface area (Å²) in [7, 11) is 0. The Bertz CT molecular complexity index is 693. The lowest BCUT2D eigenvalue weighted by Crippen LogP contribution is -2.26. The summed E-state index contributed by atoms with van der Waals surface area (Å²) in [5, 5.41) is 3.29. The van der Waals surface area contributed by atoms with Crippen LogP contribution in [0.1, 0.15) is 42.3 Å². The van der Waals surface area contributed by atoms with Crippen molar-refractivity contribution in [3.05, 3.63) is 46.8 Å². The van der Waals surface area contributed by atoms with Crippen LogP contribution < -0.4 is 5.32 Å². The van der Waals surface area contributed by atoms with Crippen LogP contribution in [-0.2, 0) is 12.8 Å². The van der Waals surface area contributed by atoms with Crippen LogP contribution in [0, 0.1) is 11.6 Å². The van der Waals surface area contributed by atoms with E-state index >= 15 is 0 Å². The van der Waals surface area contributed by atoms with Gasteiger partial charge in [-0.15, -0.1) is 0 Å². The molecule has 0 amide bonds. The third-order valence-electron chi connectivity index (χ3n) is 4.50. The fourth-order valence-electron chi connectivity index (χ4n) is 3.54. The quantitative estimate of drug-likeness (QED) is 0.871. The Balaban J connectivity index is 1.86. The maximum Gasteiger partial charge on any atom is 0.203 e. The number of nitrogens with zero attached hydrogens (tertiary/aromatic N) is 2. The van der Waals surface area contributed by atoms with E-state index in [2.05, 4.69) is 14.9 Å². The molecule has 2 aromatic rings. The third kappa shape index (κ3) is 2.03. The minimum absolute atomic E-state index is 0.161. The summed E-state index contributed by atoms with van der Waals surface area (Å²) in [6, 6.07) is 3.55. The van der Waals surface area contributed by atoms with Crippen molar-refractivity contribution in [2.24, 2.45) is 0 Å². The fraction of sp³-hybridized carbons (Fsp3) is 0.438. The first-order valence-electron chi connectivity index (χ1n) is 7.53. The molecule has 0 saturated carbocycles. The van der Waals surface area contributed by atoms with Crippen LogP contribution in [0.15, 0.2) is 18.2 Å². The van der Waals surface area contributed by atoms with Crippen molar-refractivity contribution in [1.29, 1.82) is 0 Å². The molecule has 1 atom stereocenters. The minimum atomic E-state index is -0.388. The largest absolute Gasteiger partial charge is 0.356 e. The number of aromatic nitrogens is 2. The molecule has 2 aliphatic rings. The van der Waals surface area contributed by atoms with Gasteiger partial charge in [0.15, 0.2) is 0 Å². The number of fused-ring (bicyclic) bond motifs is 3. The van der Waals surface area contributed by atoms with E-state index in [0.717, 1.165) is 50.3 Å². The Labute approximate surface area is 122 Å². The molecule has 110 valence electrons. The van der Waals surface area contributed by atoms with Crippen LogP contribution in [0.3, 0.4) is 0 Å². The van der Waals surface area contributed by atoms with Crippen molar-refractivity contribution < 1.29 is 8.78 Å². The van der Waals surface area contributed by atoms with E-state index in [0.29, 0.717) is 5.56 Å². The third-order valence-corrected chi connectivity index (χ3v) is 4.50. The molecule has 3 nitrogen and oxygen atoms in total. The molecule has 1 aromatic carbocycles. The Hall–Kier alpha value is -1.91. The lowest BCUT2D eigenvalue weighted by atomic mass is 9.97. The summed E-state index contributed by atoms with van der Waals surface area (Å²) in [6.07, 6.45) is 4.99. The molecule has 0 radical (unpaired) electrons. The van der Waals surface area contributed by atoms with Gasteiger partial charge in [-0.3, -0.25) is 0 Å². The minimum Gasteiger partial charge on any atom is -0.356 e. The van der Waals surface area contributed by atoms with Gasteiger partial charge < -0.3 is 9.88 Å². The van der Waals surface area contributed by atoms with Crippen molar-refractivity contribution in [3.63, 3.8) is 0 Å². The highest BCUT2D eigenvalue weighted by Crippen LogP contribution is 2.36. The number of anilines is 1. The molecule has 1 aliphatic heterocycles. The molecule has 4 rings (SSSR count). The van der Waals surface area contributed by atoms with Crippen LogP contribution in [0.4, 0.5) is 14.7 Å². The molecule has 0 spiro atoms. The summed E-state index contributed by atoms with van der Waals surface area (Å²) >= 11 is 0. The van der Waals surface area contributed by atoms with Crippen LogP contribution in [0.5, 0.6) is 0 Å². The van der Waals surface area contributed by atoms with Crippen molar-refractivity contribution in [2.45, 2.75) is 38.1 Å². The van der Waals surface area contributed by atoms with Gasteiger partial charge in [0, 0.05) is 17.8 Å². The maximum atomic E-state index is 14.2. The number of aryl methyl sites for hydroxylation is 1. The highest BCUT2D eigenvalue weighted by Gasteiger charge is 2.30. The summed E-state index contributed by atoms with van der Waals surface area (Å²) < 4.78 is 29.8. The predicted molar refractivity (Wildman–Crippen MR) is 76.5 cm³/mol. The number of halogens is 2. The molecule has 1 aliphatic carbocycles. The van der Waals surface area contributed by atoms with Crippen molar-refractivity contribution in [1.82, 2.24) is 9.55 Å². The normalized spacial score (nSPS) is 20.6. The summed E-state index contributed by atoms with van der Waals surface area (Å²) in [5.74, 6) is 0.0785.